The van der Waals surface area contributed by atoms with E-state index in [0.29, 0.717) is 0 Å². The normalized spacial score (nSPS) is 13.5. The Labute approximate surface area is 178 Å². The summed E-state index contributed by atoms with van der Waals surface area (Å²) in [6, 6.07) is 3.72. The van der Waals surface area contributed by atoms with Crippen molar-refractivity contribution in [2.45, 2.75) is 84.0 Å². The van der Waals surface area contributed by atoms with Gasteiger partial charge in [0.2, 0.25) is 10.0 Å². The second-order valence-electron chi connectivity index (χ2n) is 8.48. The van der Waals surface area contributed by atoms with Crippen LogP contribution in [0.25, 0.3) is 0 Å². The third-order valence-electron chi connectivity index (χ3n) is 3.90. The quantitative estimate of drug-likeness (QED) is 0.646. The Balaban J connectivity index is 3.11. The summed E-state index contributed by atoms with van der Waals surface area (Å²) in [7, 11) is -3.95. The summed E-state index contributed by atoms with van der Waals surface area (Å²) < 4.78 is 33.0. The van der Waals surface area contributed by atoms with Gasteiger partial charge in [0.05, 0.1) is 10.6 Å². The van der Waals surface area contributed by atoms with Crippen LogP contribution in [0.2, 0.25) is 5.02 Å². The fourth-order valence-electron chi connectivity index (χ4n) is 2.89. The summed E-state index contributed by atoms with van der Waals surface area (Å²) in [6.07, 6.45) is -1.02. The van der Waals surface area contributed by atoms with Crippen LogP contribution in [0.5, 0.6) is 0 Å². The second-order valence-corrected chi connectivity index (χ2v) is 10.5. The van der Waals surface area contributed by atoms with Crippen molar-refractivity contribution in [3.05, 3.63) is 28.8 Å². The van der Waals surface area contributed by atoms with Crippen LogP contribution in [-0.4, -0.2) is 48.9 Å². The first-order chi connectivity index (χ1) is 13.1. The molecule has 0 spiro atoms. The van der Waals surface area contributed by atoms with Gasteiger partial charge >= 0.3 is 5.97 Å². The van der Waals surface area contributed by atoms with Gasteiger partial charge in [0.15, 0.2) is 6.10 Å². The Kier molecular flexibility index (Phi) is 8.27. The SMILES string of the molecule is CC(C)N(C(=O)[C@H](C)OC(=O)c1ccc(Cl)c(S(=O)(=O)NC(C)(C)C)c1)C(C)C. The zero-order valence-corrected chi connectivity index (χ0v) is 19.8. The molecule has 0 bridgehead atoms. The van der Waals surface area contributed by atoms with Crippen molar-refractivity contribution in [1.29, 1.82) is 0 Å². The van der Waals surface area contributed by atoms with E-state index in [1.165, 1.54) is 19.1 Å². The molecule has 164 valence electrons. The summed E-state index contributed by atoms with van der Waals surface area (Å²) >= 11 is 6.05. The van der Waals surface area contributed by atoms with Crippen LogP contribution in [0, 0.1) is 0 Å². The summed E-state index contributed by atoms with van der Waals surface area (Å²) in [5, 5.41) is -0.0202. The molecule has 0 unspecified atom stereocenters. The van der Waals surface area contributed by atoms with Gasteiger partial charge in [0, 0.05) is 17.6 Å². The van der Waals surface area contributed by atoms with Crippen molar-refractivity contribution in [3.8, 4) is 0 Å². The molecule has 1 N–H and O–H groups in total. The van der Waals surface area contributed by atoms with Gasteiger partial charge < -0.3 is 9.64 Å². The van der Waals surface area contributed by atoms with Gasteiger partial charge in [0.25, 0.3) is 5.91 Å². The van der Waals surface area contributed by atoms with Gasteiger partial charge in [-0.05, 0) is 73.6 Å². The lowest BCUT2D eigenvalue weighted by Gasteiger charge is -2.32. The number of carbonyl (C=O) groups excluding carboxylic acids is 2. The minimum absolute atomic E-state index is 0.0102. The van der Waals surface area contributed by atoms with Crippen molar-refractivity contribution in [2.75, 3.05) is 0 Å². The molecule has 9 heteroatoms. The molecule has 0 fully saturated rings. The lowest BCUT2D eigenvalue weighted by molar-refractivity contribution is -0.143. The molecule has 1 aromatic carbocycles. The lowest BCUT2D eigenvalue weighted by atomic mass is 10.1. The average molecular weight is 447 g/mol. The predicted octanol–water partition coefficient (Wildman–Crippen LogP) is 3.61. The van der Waals surface area contributed by atoms with E-state index in [-0.39, 0.29) is 33.5 Å². The number of carbonyl (C=O) groups is 2. The first kappa shape index (κ1) is 25.4. The van der Waals surface area contributed by atoms with Gasteiger partial charge in [-0.15, -0.1) is 0 Å². The van der Waals surface area contributed by atoms with Crippen LogP contribution in [-0.2, 0) is 19.6 Å². The Morgan fingerprint density at radius 1 is 1.07 bits per heavy atom. The molecule has 1 rings (SSSR count). The van der Waals surface area contributed by atoms with E-state index in [4.69, 9.17) is 16.3 Å². The fraction of sp³-hybridized carbons (Fsp3) is 0.600. The van der Waals surface area contributed by atoms with E-state index in [1.807, 2.05) is 27.7 Å². The molecule has 0 aliphatic carbocycles. The number of hydrogen-bond acceptors (Lipinski definition) is 5. The predicted molar refractivity (Wildman–Crippen MR) is 114 cm³/mol. The minimum atomic E-state index is -3.95. The Bertz CT molecular complexity index is 852. The largest absolute Gasteiger partial charge is 0.449 e. The maximum Gasteiger partial charge on any atom is 0.338 e. The number of ether oxygens (including phenoxy) is 1. The lowest BCUT2D eigenvalue weighted by Crippen LogP contribution is -2.47. The second kappa shape index (κ2) is 9.45. The van der Waals surface area contributed by atoms with E-state index in [1.54, 1.807) is 25.7 Å². The van der Waals surface area contributed by atoms with Crippen LogP contribution in [0.4, 0.5) is 0 Å². The van der Waals surface area contributed by atoms with Crippen LogP contribution >= 0.6 is 11.6 Å². The molecule has 1 aromatic rings. The summed E-state index contributed by atoms with van der Waals surface area (Å²) in [5.41, 5.74) is -0.736. The van der Waals surface area contributed by atoms with Gasteiger partial charge in [0.1, 0.15) is 4.90 Å². The standard InChI is InChI=1S/C20H31ClN2O5S/c1-12(2)23(13(3)4)18(24)14(5)28-19(25)15-9-10-16(21)17(11-15)29(26,27)22-20(6,7)8/h9-14,22H,1-8H3/t14-/m0/s1. The number of rotatable bonds is 7. The molecule has 1 atom stereocenters. The van der Waals surface area contributed by atoms with Crippen molar-refractivity contribution >= 4 is 33.5 Å². The van der Waals surface area contributed by atoms with Crippen molar-refractivity contribution in [1.82, 2.24) is 9.62 Å². The van der Waals surface area contributed by atoms with Crippen molar-refractivity contribution < 1.29 is 22.7 Å². The molecular weight excluding hydrogens is 416 g/mol. The van der Waals surface area contributed by atoms with E-state index in [0.717, 1.165) is 6.07 Å². The van der Waals surface area contributed by atoms with E-state index >= 15 is 0 Å². The van der Waals surface area contributed by atoms with Crippen molar-refractivity contribution in [2.24, 2.45) is 0 Å². The Morgan fingerprint density at radius 2 is 1.59 bits per heavy atom. The first-order valence-corrected chi connectivity index (χ1v) is 11.3. The Hall–Kier alpha value is -1.64. The van der Waals surface area contributed by atoms with E-state index in [2.05, 4.69) is 4.72 Å². The summed E-state index contributed by atoms with van der Waals surface area (Å²) in [6.45, 7) is 14.1. The molecule has 29 heavy (non-hydrogen) atoms. The number of benzene rings is 1. The summed E-state index contributed by atoms with van der Waals surface area (Å²) in [5.74, 6) is -1.12. The third-order valence-corrected chi connectivity index (χ3v) is 6.14. The average Bonchev–Trinajstić information content (AvgIpc) is 2.51. The number of esters is 1. The molecule has 0 aliphatic rings. The number of amides is 1. The smallest absolute Gasteiger partial charge is 0.338 e. The molecule has 1 amide bonds. The molecule has 0 saturated carbocycles. The minimum Gasteiger partial charge on any atom is -0.449 e. The topological polar surface area (TPSA) is 92.8 Å². The highest BCUT2D eigenvalue weighted by atomic mass is 35.5. The molecule has 0 heterocycles. The Morgan fingerprint density at radius 3 is 2.03 bits per heavy atom. The van der Waals surface area contributed by atoms with E-state index < -0.39 is 27.6 Å². The van der Waals surface area contributed by atoms with Gasteiger partial charge in [-0.3, -0.25) is 4.79 Å². The van der Waals surface area contributed by atoms with Gasteiger partial charge in [-0.2, -0.15) is 0 Å². The van der Waals surface area contributed by atoms with Gasteiger partial charge in [-0.25, -0.2) is 17.9 Å². The van der Waals surface area contributed by atoms with Crippen LogP contribution in [0.1, 0.15) is 65.7 Å². The molecule has 0 aliphatic heterocycles. The molecule has 7 nitrogen and oxygen atoms in total. The van der Waals surface area contributed by atoms with E-state index in [9.17, 15) is 18.0 Å². The molecule has 0 aromatic heterocycles. The van der Waals surface area contributed by atoms with Gasteiger partial charge in [-0.1, -0.05) is 11.6 Å². The highest BCUT2D eigenvalue weighted by Crippen LogP contribution is 2.24. The van der Waals surface area contributed by atoms with Crippen LogP contribution in [0.3, 0.4) is 0 Å². The third kappa shape index (κ3) is 6.97. The summed E-state index contributed by atoms with van der Waals surface area (Å²) in [4.78, 5) is 26.6. The number of sulfonamides is 1. The fourth-order valence-corrected chi connectivity index (χ4v) is 4.83. The maximum absolute atomic E-state index is 12.7. The molecule has 0 radical (unpaired) electrons. The maximum atomic E-state index is 12.7. The monoisotopic (exact) mass is 446 g/mol. The first-order valence-electron chi connectivity index (χ1n) is 9.43. The highest BCUT2D eigenvalue weighted by Gasteiger charge is 2.29. The van der Waals surface area contributed by atoms with Crippen LogP contribution < -0.4 is 4.72 Å². The molecular formula is C20H31ClN2O5S. The molecule has 0 saturated heterocycles. The zero-order valence-electron chi connectivity index (χ0n) is 18.2. The number of nitrogens with zero attached hydrogens (tertiary/aromatic N) is 1. The number of nitrogens with one attached hydrogen (secondary N) is 1. The zero-order chi connectivity index (χ0) is 22.7. The highest BCUT2D eigenvalue weighted by molar-refractivity contribution is 7.89. The number of hydrogen-bond donors (Lipinski definition) is 1. The van der Waals surface area contributed by atoms with Crippen molar-refractivity contribution in [3.63, 3.8) is 0 Å². The van der Waals surface area contributed by atoms with Crippen LogP contribution in [0.15, 0.2) is 23.1 Å². The number of halogens is 1.